The fraction of sp³-hybridized carbons (Fsp3) is 0.533. The standard InChI is InChI=1S/C15H21N5O/c1-11-5-3-6-12(2)15(11)20-14(16-17-18-20)9-19-8-4-7-13(19)10-21/h3,5-6,13,21H,4,7-10H2,1-2H3. The lowest BCUT2D eigenvalue weighted by Crippen LogP contribution is -2.32. The van der Waals surface area contributed by atoms with Crippen molar-refractivity contribution < 1.29 is 5.11 Å². The highest BCUT2D eigenvalue weighted by Crippen LogP contribution is 2.22. The van der Waals surface area contributed by atoms with E-state index in [-0.39, 0.29) is 12.6 Å². The van der Waals surface area contributed by atoms with E-state index in [4.69, 9.17) is 0 Å². The molecule has 1 aromatic carbocycles. The molecule has 1 unspecified atom stereocenters. The summed E-state index contributed by atoms with van der Waals surface area (Å²) in [4.78, 5) is 2.26. The highest BCUT2D eigenvalue weighted by Gasteiger charge is 2.26. The summed E-state index contributed by atoms with van der Waals surface area (Å²) in [6.45, 7) is 6.00. The van der Waals surface area contributed by atoms with E-state index in [0.29, 0.717) is 6.54 Å². The minimum Gasteiger partial charge on any atom is -0.395 e. The Morgan fingerprint density at radius 3 is 2.76 bits per heavy atom. The molecule has 2 heterocycles. The quantitative estimate of drug-likeness (QED) is 0.916. The van der Waals surface area contributed by atoms with Crippen molar-refractivity contribution in [1.82, 2.24) is 25.1 Å². The van der Waals surface area contributed by atoms with Crippen molar-refractivity contribution in [3.63, 3.8) is 0 Å². The van der Waals surface area contributed by atoms with Gasteiger partial charge in [0.05, 0.1) is 18.8 Å². The topological polar surface area (TPSA) is 67.1 Å². The molecule has 3 rings (SSSR count). The molecule has 0 aliphatic carbocycles. The lowest BCUT2D eigenvalue weighted by atomic mass is 10.1. The van der Waals surface area contributed by atoms with Crippen molar-refractivity contribution in [3.8, 4) is 5.69 Å². The Hall–Kier alpha value is -1.79. The van der Waals surface area contributed by atoms with Crippen LogP contribution in [0.1, 0.15) is 29.8 Å². The van der Waals surface area contributed by atoms with E-state index in [1.54, 1.807) is 0 Å². The number of nitrogens with zero attached hydrogens (tertiary/aromatic N) is 5. The Labute approximate surface area is 124 Å². The lowest BCUT2D eigenvalue weighted by molar-refractivity contribution is 0.150. The number of aromatic nitrogens is 4. The fourth-order valence-electron chi connectivity index (χ4n) is 3.11. The number of likely N-dealkylation sites (tertiary alicyclic amines) is 1. The van der Waals surface area contributed by atoms with Gasteiger partial charge in [-0.1, -0.05) is 18.2 Å². The van der Waals surface area contributed by atoms with Crippen LogP contribution in [0.2, 0.25) is 0 Å². The maximum Gasteiger partial charge on any atom is 0.170 e. The van der Waals surface area contributed by atoms with E-state index in [0.717, 1.165) is 42.0 Å². The number of hydrogen-bond acceptors (Lipinski definition) is 5. The zero-order valence-corrected chi connectivity index (χ0v) is 12.5. The summed E-state index contributed by atoms with van der Waals surface area (Å²) in [6, 6.07) is 6.41. The number of aliphatic hydroxyl groups is 1. The largest absolute Gasteiger partial charge is 0.395 e. The summed E-state index contributed by atoms with van der Waals surface area (Å²) < 4.78 is 1.83. The predicted molar refractivity (Wildman–Crippen MR) is 79.1 cm³/mol. The monoisotopic (exact) mass is 287 g/mol. The summed E-state index contributed by atoms with van der Waals surface area (Å²) in [5.74, 6) is 0.827. The van der Waals surface area contributed by atoms with Crippen LogP contribution in [0.15, 0.2) is 18.2 Å². The van der Waals surface area contributed by atoms with Gasteiger partial charge in [-0.05, 0) is 54.8 Å². The lowest BCUT2D eigenvalue weighted by Gasteiger charge is -2.22. The van der Waals surface area contributed by atoms with Gasteiger partial charge in [-0.25, -0.2) is 0 Å². The molecule has 0 spiro atoms. The molecular formula is C15H21N5O. The molecule has 1 fully saturated rings. The molecule has 6 heteroatoms. The average molecular weight is 287 g/mol. The van der Waals surface area contributed by atoms with Crippen LogP contribution in [0, 0.1) is 13.8 Å². The van der Waals surface area contributed by atoms with Crippen LogP contribution in [0.3, 0.4) is 0 Å². The third kappa shape index (κ3) is 2.69. The SMILES string of the molecule is Cc1cccc(C)c1-n1nnnc1CN1CCCC1CO. The Bertz CT molecular complexity index is 604. The maximum absolute atomic E-state index is 9.44. The molecule has 1 saturated heterocycles. The van der Waals surface area contributed by atoms with Crippen LogP contribution in [-0.4, -0.2) is 49.4 Å². The van der Waals surface area contributed by atoms with Crippen LogP contribution in [-0.2, 0) is 6.54 Å². The molecule has 1 aliphatic rings. The smallest absolute Gasteiger partial charge is 0.170 e. The van der Waals surface area contributed by atoms with Gasteiger partial charge in [0.2, 0.25) is 0 Å². The third-order valence-corrected chi connectivity index (χ3v) is 4.24. The zero-order valence-electron chi connectivity index (χ0n) is 12.5. The van der Waals surface area contributed by atoms with Gasteiger partial charge in [0.25, 0.3) is 0 Å². The van der Waals surface area contributed by atoms with Gasteiger partial charge in [-0.2, -0.15) is 4.68 Å². The van der Waals surface area contributed by atoms with Crippen molar-refractivity contribution in [3.05, 3.63) is 35.2 Å². The first kappa shape index (κ1) is 14.2. The van der Waals surface area contributed by atoms with Gasteiger partial charge in [-0.3, -0.25) is 4.90 Å². The summed E-state index contributed by atoms with van der Waals surface area (Å²) in [5, 5.41) is 21.6. The molecule has 0 bridgehead atoms. The number of aliphatic hydroxyl groups excluding tert-OH is 1. The molecular weight excluding hydrogens is 266 g/mol. The molecule has 1 N–H and O–H groups in total. The number of hydrogen-bond donors (Lipinski definition) is 1. The summed E-state index contributed by atoms with van der Waals surface area (Å²) in [7, 11) is 0. The Kier molecular flexibility index (Phi) is 3.98. The van der Waals surface area contributed by atoms with Crippen LogP contribution < -0.4 is 0 Å². The van der Waals surface area contributed by atoms with E-state index in [1.807, 2.05) is 10.7 Å². The number of aryl methyl sites for hydroxylation is 2. The van der Waals surface area contributed by atoms with E-state index in [1.165, 1.54) is 0 Å². The minimum atomic E-state index is 0.199. The second-order valence-electron chi connectivity index (χ2n) is 5.70. The number of rotatable bonds is 4. The van der Waals surface area contributed by atoms with Crippen LogP contribution >= 0.6 is 0 Å². The summed E-state index contributed by atoms with van der Waals surface area (Å²) in [5.41, 5.74) is 3.37. The third-order valence-electron chi connectivity index (χ3n) is 4.24. The van der Waals surface area contributed by atoms with Gasteiger partial charge in [-0.15, -0.1) is 5.10 Å². The highest BCUT2D eigenvalue weighted by atomic mass is 16.3. The van der Waals surface area contributed by atoms with Gasteiger partial charge in [0.15, 0.2) is 5.82 Å². The second kappa shape index (κ2) is 5.91. The van der Waals surface area contributed by atoms with Crippen LogP contribution in [0.4, 0.5) is 0 Å². The van der Waals surface area contributed by atoms with Crippen molar-refractivity contribution in [2.24, 2.45) is 0 Å². The molecule has 2 aromatic rings. The molecule has 1 atom stereocenters. The molecule has 1 aromatic heterocycles. The molecule has 0 radical (unpaired) electrons. The van der Waals surface area contributed by atoms with Crippen molar-refractivity contribution in [2.45, 2.75) is 39.3 Å². The Morgan fingerprint density at radius 1 is 1.29 bits per heavy atom. The van der Waals surface area contributed by atoms with Crippen LogP contribution in [0.5, 0.6) is 0 Å². The van der Waals surface area contributed by atoms with Gasteiger partial charge >= 0.3 is 0 Å². The molecule has 0 amide bonds. The van der Waals surface area contributed by atoms with Crippen molar-refractivity contribution >= 4 is 0 Å². The number of tetrazole rings is 1. The van der Waals surface area contributed by atoms with Gasteiger partial charge in [0.1, 0.15) is 0 Å². The molecule has 1 aliphatic heterocycles. The predicted octanol–water partition coefficient (Wildman–Crippen LogP) is 1.24. The fourth-order valence-corrected chi connectivity index (χ4v) is 3.11. The van der Waals surface area contributed by atoms with E-state index in [2.05, 4.69) is 46.4 Å². The number of benzene rings is 1. The van der Waals surface area contributed by atoms with Crippen LogP contribution in [0.25, 0.3) is 5.69 Å². The normalized spacial score (nSPS) is 19.3. The Morgan fingerprint density at radius 2 is 2.05 bits per heavy atom. The van der Waals surface area contributed by atoms with Crippen molar-refractivity contribution in [1.29, 1.82) is 0 Å². The van der Waals surface area contributed by atoms with E-state index in [9.17, 15) is 5.11 Å². The zero-order chi connectivity index (χ0) is 14.8. The molecule has 6 nitrogen and oxygen atoms in total. The maximum atomic E-state index is 9.44. The van der Waals surface area contributed by atoms with Gasteiger partial charge < -0.3 is 5.11 Å². The van der Waals surface area contributed by atoms with Gasteiger partial charge in [0, 0.05) is 6.04 Å². The molecule has 21 heavy (non-hydrogen) atoms. The minimum absolute atomic E-state index is 0.199. The first-order valence-electron chi connectivity index (χ1n) is 7.39. The number of para-hydroxylation sites is 1. The highest BCUT2D eigenvalue weighted by molar-refractivity contribution is 5.46. The Balaban J connectivity index is 1.91. The first-order chi connectivity index (χ1) is 10.2. The first-order valence-corrected chi connectivity index (χ1v) is 7.39. The summed E-state index contributed by atoms with van der Waals surface area (Å²) in [6.07, 6.45) is 2.16. The van der Waals surface area contributed by atoms with E-state index < -0.39 is 0 Å². The second-order valence-corrected chi connectivity index (χ2v) is 5.70. The summed E-state index contributed by atoms with van der Waals surface area (Å²) >= 11 is 0. The average Bonchev–Trinajstić information content (AvgIpc) is 3.09. The molecule has 112 valence electrons. The van der Waals surface area contributed by atoms with Crippen molar-refractivity contribution in [2.75, 3.05) is 13.2 Å². The van der Waals surface area contributed by atoms with E-state index >= 15 is 0 Å². The molecule has 0 saturated carbocycles.